The number of nitrogens with one attached hydrogen (secondary N) is 1. The fourth-order valence-electron chi connectivity index (χ4n) is 4.02. The maximum Gasteiger partial charge on any atom is 0.316 e. The first-order chi connectivity index (χ1) is 13.0. The van der Waals surface area contributed by atoms with Crippen LogP contribution in [0.4, 0.5) is 10.5 Å². The lowest BCUT2D eigenvalue weighted by Crippen LogP contribution is -2.37. The van der Waals surface area contributed by atoms with Gasteiger partial charge >= 0.3 is 6.03 Å². The molecule has 1 heterocycles. The van der Waals surface area contributed by atoms with Crippen LogP contribution in [0.5, 0.6) is 0 Å². The number of amides is 4. The first-order valence-electron chi connectivity index (χ1n) is 9.76. The Hall–Kier alpha value is -2.57. The summed E-state index contributed by atoms with van der Waals surface area (Å²) in [5, 5.41) is 2.49. The molecule has 3 N–H and O–H groups in total. The van der Waals surface area contributed by atoms with Crippen molar-refractivity contribution in [3.8, 4) is 0 Å². The quantitative estimate of drug-likeness (QED) is 0.850. The normalized spacial score (nSPS) is 18.2. The van der Waals surface area contributed by atoms with E-state index in [0.717, 1.165) is 6.42 Å². The van der Waals surface area contributed by atoms with Crippen LogP contribution >= 0.6 is 0 Å². The lowest BCUT2D eigenvalue weighted by molar-refractivity contribution is -0.132. The lowest BCUT2D eigenvalue weighted by Gasteiger charge is -2.23. The third-order valence-electron chi connectivity index (χ3n) is 5.45. The molecule has 7 nitrogen and oxygen atoms in total. The van der Waals surface area contributed by atoms with Gasteiger partial charge in [0.15, 0.2) is 0 Å². The monoisotopic (exact) mass is 372 g/mol. The number of nitrogens with two attached hydrogens (primary N) is 1. The van der Waals surface area contributed by atoms with E-state index in [-0.39, 0.29) is 11.8 Å². The summed E-state index contributed by atoms with van der Waals surface area (Å²) in [6.07, 6.45) is 6.24. The third kappa shape index (κ3) is 5.21. The topological polar surface area (TPSA) is 95.7 Å². The fraction of sp³-hybridized carbons (Fsp3) is 0.550. The van der Waals surface area contributed by atoms with Crippen LogP contribution in [-0.2, 0) is 4.79 Å². The van der Waals surface area contributed by atoms with Gasteiger partial charge in [-0.25, -0.2) is 4.79 Å². The molecule has 1 aromatic carbocycles. The molecule has 4 amide bonds. The van der Waals surface area contributed by atoms with E-state index in [9.17, 15) is 14.4 Å². The lowest BCUT2D eigenvalue weighted by atomic mass is 10.0. The molecule has 2 fully saturated rings. The Morgan fingerprint density at radius 3 is 2.44 bits per heavy atom. The number of carbonyl (C=O) groups is 3. The largest absolute Gasteiger partial charge is 0.351 e. The average Bonchev–Trinajstić information content (AvgIpc) is 3.02. The van der Waals surface area contributed by atoms with Crippen LogP contribution in [-0.4, -0.2) is 53.8 Å². The summed E-state index contributed by atoms with van der Waals surface area (Å²) in [7, 11) is 0. The summed E-state index contributed by atoms with van der Waals surface area (Å²) in [6, 6.07) is 6.09. The van der Waals surface area contributed by atoms with E-state index in [4.69, 9.17) is 5.73 Å². The number of hydrogen-bond donors (Lipinski definition) is 2. The Kier molecular flexibility index (Phi) is 6.32. The Balaban J connectivity index is 1.57. The minimum atomic E-state index is -0.661. The zero-order valence-corrected chi connectivity index (χ0v) is 15.7. The van der Waals surface area contributed by atoms with Crippen LogP contribution < -0.4 is 11.1 Å². The fourth-order valence-corrected chi connectivity index (χ4v) is 4.02. The number of rotatable bonds is 4. The van der Waals surface area contributed by atoms with Crippen molar-refractivity contribution >= 4 is 23.5 Å². The maximum absolute atomic E-state index is 12.8. The second-order valence-corrected chi connectivity index (χ2v) is 7.45. The SMILES string of the molecule is NC(=O)Nc1cccc(C(=O)N2CCCN(C(=O)CC3CCCC3)CC2)c1. The molecule has 1 saturated heterocycles. The first-order valence-corrected chi connectivity index (χ1v) is 9.76. The van der Waals surface area contributed by atoms with Crippen LogP contribution in [0.25, 0.3) is 0 Å². The van der Waals surface area contributed by atoms with E-state index in [0.29, 0.717) is 49.8 Å². The molecule has 1 saturated carbocycles. The van der Waals surface area contributed by atoms with Crippen molar-refractivity contribution in [2.75, 3.05) is 31.5 Å². The number of anilines is 1. The van der Waals surface area contributed by atoms with Gasteiger partial charge in [0.05, 0.1) is 0 Å². The molecule has 0 unspecified atom stereocenters. The molecular weight excluding hydrogens is 344 g/mol. The minimum absolute atomic E-state index is 0.0896. The van der Waals surface area contributed by atoms with E-state index < -0.39 is 6.03 Å². The van der Waals surface area contributed by atoms with Gasteiger partial charge in [0.2, 0.25) is 5.91 Å². The van der Waals surface area contributed by atoms with Crippen molar-refractivity contribution in [1.82, 2.24) is 9.80 Å². The average molecular weight is 372 g/mol. The van der Waals surface area contributed by atoms with Gasteiger partial charge in [-0.05, 0) is 43.4 Å². The molecule has 146 valence electrons. The van der Waals surface area contributed by atoms with Crippen molar-refractivity contribution in [3.05, 3.63) is 29.8 Å². The van der Waals surface area contributed by atoms with Crippen molar-refractivity contribution in [1.29, 1.82) is 0 Å². The number of hydrogen-bond acceptors (Lipinski definition) is 3. The molecule has 0 spiro atoms. The molecule has 0 radical (unpaired) electrons. The predicted octanol–water partition coefficient (Wildman–Crippen LogP) is 2.43. The number of urea groups is 1. The van der Waals surface area contributed by atoms with Gasteiger partial charge in [0, 0.05) is 43.9 Å². The van der Waals surface area contributed by atoms with Crippen LogP contribution in [0, 0.1) is 5.92 Å². The third-order valence-corrected chi connectivity index (χ3v) is 5.45. The van der Waals surface area contributed by atoms with E-state index in [1.807, 2.05) is 4.90 Å². The maximum atomic E-state index is 12.8. The zero-order chi connectivity index (χ0) is 19.2. The number of benzene rings is 1. The highest BCUT2D eigenvalue weighted by Crippen LogP contribution is 2.28. The highest BCUT2D eigenvalue weighted by Gasteiger charge is 2.25. The summed E-state index contributed by atoms with van der Waals surface area (Å²) >= 11 is 0. The highest BCUT2D eigenvalue weighted by molar-refractivity contribution is 5.96. The van der Waals surface area contributed by atoms with Gasteiger partial charge in [-0.15, -0.1) is 0 Å². The molecule has 27 heavy (non-hydrogen) atoms. The summed E-state index contributed by atoms with van der Waals surface area (Å²) in [5.74, 6) is 0.677. The summed E-state index contributed by atoms with van der Waals surface area (Å²) in [6.45, 7) is 2.44. The number of nitrogens with zero attached hydrogens (tertiary/aromatic N) is 2. The van der Waals surface area contributed by atoms with Crippen molar-refractivity contribution in [2.24, 2.45) is 11.7 Å². The Morgan fingerprint density at radius 1 is 1.00 bits per heavy atom. The van der Waals surface area contributed by atoms with E-state index in [2.05, 4.69) is 5.32 Å². The molecule has 1 aromatic rings. The molecule has 1 aliphatic carbocycles. The zero-order valence-electron chi connectivity index (χ0n) is 15.7. The molecule has 1 aliphatic heterocycles. The van der Waals surface area contributed by atoms with Gasteiger partial charge in [-0.2, -0.15) is 0 Å². The molecule has 3 rings (SSSR count). The van der Waals surface area contributed by atoms with Crippen LogP contribution in [0.15, 0.2) is 24.3 Å². The van der Waals surface area contributed by atoms with Gasteiger partial charge in [0.1, 0.15) is 0 Å². The van der Waals surface area contributed by atoms with Crippen LogP contribution in [0.1, 0.15) is 48.9 Å². The molecule has 0 bridgehead atoms. The van der Waals surface area contributed by atoms with Gasteiger partial charge < -0.3 is 20.9 Å². The van der Waals surface area contributed by atoms with Gasteiger partial charge in [0.25, 0.3) is 5.91 Å². The van der Waals surface area contributed by atoms with Crippen molar-refractivity contribution in [2.45, 2.75) is 38.5 Å². The second kappa shape index (κ2) is 8.88. The first kappa shape index (κ1) is 19.2. The van der Waals surface area contributed by atoms with Crippen molar-refractivity contribution < 1.29 is 14.4 Å². The molecule has 7 heteroatoms. The van der Waals surface area contributed by atoms with E-state index in [1.54, 1.807) is 29.2 Å². The summed E-state index contributed by atoms with van der Waals surface area (Å²) in [4.78, 5) is 40.1. The minimum Gasteiger partial charge on any atom is -0.351 e. The number of primary amides is 1. The van der Waals surface area contributed by atoms with Crippen LogP contribution in [0.3, 0.4) is 0 Å². The Labute approximate surface area is 159 Å². The predicted molar refractivity (Wildman–Crippen MR) is 103 cm³/mol. The van der Waals surface area contributed by atoms with Gasteiger partial charge in [-0.3, -0.25) is 9.59 Å². The van der Waals surface area contributed by atoms with E-state index in [1.165, 1.54) is 25.7 Å². The van der Waals surface area contributed by atoms with Crippen LogP contribution in [0.2, 0.25) is 0 Å². The van der Waals surface area contributed by atoms with E-state index >= 15 is 0 Å². The summed E-state index contributed by atoms with van der Waals surface area (Å²) in [5.41, 5.74) is 6.14. The Morgan fingerprint density at radius 2 is 1.70 bits per heavy atom. The molecule has 0 atom stereocenters. The molecular formula is C20H28N4O3. The Bertz CT molecular complexity index is 700. The molecule has 2 aliphatic rings. The standard InChI is InChI=1S/C20H28N4O3/c21-20(27)22-17-8-3-7-16(14-17)19(26)24-10-4-9-23(11-12-24)18(25)13-15-5-1-2-6-15/h3,7-8,14-15H,1-2,4-6,9-13H2,(H3,21,22,27). The smallest absolute Gasteiger partial charge is 0.316 e. The number of carbonyl (C=O) groups excluding carboxylic acids is 3. The second-order valence-electron chi connectivity index (χ2n) is 7.45. The summed E-state index contributed by atoms with van der Waals surface area (Å²) < 4.78 is 0. The van der Waals surface area contributed by atoms with Gasteiger partial charge in [-0.1, -0.05) is 18.9 Å². The highest BCUT2D eigenvalue weighted by atomic mass is 16.2. The molecule has 0 aromatic heterocycles. The van der Waals surface area contributed by atoms with Crippen molar-refractivity contribution in [3.63, 3.8) is 0 Å².